The predicted octanol–water partition coefficient (Wildman–Crippen LogP) is -7.77. The Morgan fingerprint density at radius 3 is 1.71 bits per heavy atom. The summed E-state index contributed by atoms with van der Waals surface area (Å²) in [5.41, 5.74) is -0.136. The van der Waals surface area contributed by atoms with Gasteiger partial charge in [-0.15, -0.1) is 5.11 Å². The third kappa shape index (κ3) is 19.8. The predicted molar refractivity (Wildman–Crippen MR) is 208 cm³/mol. The third-order valence-electron chi connectivity index (χ3n) is 7.50. The second-order valence-electron chi connectivity index (χ2n) is 11.3. The minimum absolute atomic E-state index is 0. The van der Waals surface area contributed by atoms with Crippen LogP contribution in [0.2, 0.25) is 0 Å². The van der Waals surface area contributed by atoms with Crippen molar-refractivity contribution in [1.29, 1.82) is 0 Å². The van der Waals surface area contributed by atoms with Crippen molar-refractivity contribution in [2.45, 2.75) is 14.7 Å². The van der Waals surface area contributed by atoms with E-state index in [-0.39, 0.29) is 195 Å². The van der Waals surface area contributed by atoms with E-state index in [0.717, 1.165) is 12.1 Å². The average Bonchev–Trinajstić information content (AvgIpc) is 3.14. The van der Waals surface area contributed by atoms with Crippen molar-refractivity contribution >= 4 is 101 Å². The van der Waals surface area contributed by atoms with Gasteiger partial charge < -0.3 is 47.8 Å². The van der Waals surface area contributed by atoms with Crippen LogP contribution in [0.1, 0.15) is 0 Å². The van der Waals surface area contributed by atoms with Crippen LogP contribution in [0.4, 0.5) is 28.4 Å². The zero-order valence-electron chi connectivity index (χ0n) is 34.7. The zero-order chi connectivity index (χ0) is 45.6. The van der Waals surface area contributed by atoms with E-state index in [9.17, 15) is 40.0 Å². The number of hydrogen-bond acceptors (Lipinski definition) is 21. The fourth-order valence-corrected chi connectivity index (χ4v) is 7.54. The first-order valence-electron chi connectivity index (χ1n) is 15.6. The molecule has 5 rings (SSSR count). The summed E-state index contributed by atoms with van der Waals surface area (Å²) in [6.45, 7) is 6.78. The average molecular weight is 1090 g/mol. The summed E-state index contributed by atoms with van der Waals surface area (Å²) < 4.78 is 157. The number of fused-ring (bicyclic) bond motifs is 2. The molecule has 0 amide bonds. The number of nitrogens with one attached hydrogen (secondary N) is 1. The number of methoxy groups -OCH3 is 1. The van der Waals surface area contributed by atoms with Crippen molar-refractivity contribution in [3.05, 3.63) is 80.6 Å². The van der Waals surface area contributed by atoms with Crippen LogP contribution in [0.15, 0.2) is 95.8 Å². The second kappa shape index (κ2) is 28.1. The van der Waals surface area contributed by atoms with Gasteiger partial charge in [0.2, 0.25) is 20.8 Å². The van der Waals surface area contributed by atoms with Crippen LogP contribution in [0.25, 0.3) is 21.5 Å². The molecule has 0 unspecified atom stereocenters. The molecule has 0 spiro atoms. The summed E-state index contributed by atoms with van der Waals surface area (Å²) in [5, 5.41) is 41.2. The minimum atomic E-state index is -5.15. The van der Waals surface area contributed by atoms with Crippen LogP contribution in [-0.2, 0) is 67.7 Å². The molecule has 0 heterocycles. The standard InChI is InChI=1S/C32H28N5O10S3.Cu.4Na.2H2O4S/c1-5-48(40,41)19-8-9-20-18(15-19)7-12-25(32(20)50(44,45)46)35-37-30-21-10-14-24(31(39)22(21)11-13-23(30)33-3)34-36-26-16-28(47-4)29(17-27(26)38)49(42,43)6-2;;;;;;2*1-5(2,3)4/h7-13,15-17,33,38-39H,1-2,5-6H2,3-4H3,(H,44,45,46);;;;;;2*(H2,1,2,3,4)/q-3;;4*+1;;/p-3. The van der Waals surface area contributed by atoms with Gasteiger partial charge in [0.05, 0.1) is 22.6 Å². The van der Waals surface area contributed by atoms with Crippen molar-refractivity contribution in [2.75, 3.05) is 31.0 Å². The Hall–Kier alpha value is -0.911. The Balaban J connectivity index is -0.00000231. The Bertz CT molecular complexity index is 3070. The SMILES string of the molecule is O=S(=O)([O-])O.O=S(=O)([O-])O.[CH2-]CS(=O)(=O)c1ccc2c(S(=O)(=O)[O-])c(N=Nc3c(NC)ccc4c(O)c(N=Nc5cc(OC)c(S(=O)(=O)C[CH2-])cc5O)[c-]cc34)ccc2c1.[Cu].[Na+].[Na+].[Na+].[Na+]. The van der Waals surface area contributed by atoms with Crippen LogP contribution in [0, 0.1) is 19.9 Å². The van der Waals surface area contributed by atoms with Crippen LogP contribution in [0.3, 0.4) is 0 Å². The molecule has 337 valence electrons. The molecule has 5 N–H and O–H groups in total. The maximum atomic E-state index is 12.4. The summed E-state index contributed by atoms with van der Waals surface area (Å²) in [6.07, 6.45) is 0. The van der Waals surface area contributed by atoms with E-state index in [4.69, 9.17) is 39.8 Å². The van der Waals surface area contributed by atoms with Gasteiger partial charge in [0.25, 0.3) is 0 Å². The van der Waals surface area contributed by atoms with E-state index in [2.05, 4.69) is 45.7 Å². The van der Waals surface area contributed by atoms with Crippen molar-refractivity contribution in [3.63, 3.8) is 0 Å². The molecule has 0 fully saturated rings. The molecule has 23 nitrogen and oxygen atoms in total. The first kappa shape index (κ1) is 68.4. The van der Waals surface area contributed by atoms with Crippen LogP contribution in [0.5, 0.6) is 17.2 Å². The molecular formula is C32H29CuN5Na4O18S5-2. The van der Waals surface area contributed by atoms with Crippen LogP contribution < -0.4 is 128 Å². The van der Waals surface area contributed by atoms with Gasteiger partial charge in [0.15, 0.2) is 19.7 Å². The molecule has 5 aromatic rings. The largest absolute Gasteiger partial charge is 1.00 e. The molecule has 0 aliphatic heterocycles. The maximum Gasteiger partial charge on any atom is 1.00 e. The molecular weight excluding hydrogens is 1060 g/mol. The first-order chi connectivity index (χ1) is 27.6. The number of hydrogen-bond donors (Lipinski definition) is 5. The number of sulfone groups is 2. The molecule has 0 bridgehead atoms. The Morgan fingerprint density at radius 2 is 1.22 bits per heavy atom. The van der Waals surface area contributed by atoms with E-state index in [1.165, 1.54) is 49.6 Å². The minimum Gasteiger partial charge on any atom is -0.744 e. The third-order valence-corrected chi connectivity index (χ3v) is 11.5. The van der Waals surface area contributed by atoms with Gasteiger partial charge in [-0.3, -0.25) is 9.11 Å². The van der Waals surface area contributed by atoms with Gasteiger partial charge in [-0.05, 0) is 29.7 Å². The van der Waals surface area contributed by atoms with Crippen LogP contribution >= 0.6 is 0 Å². The van der Waals surface area contributed by atoms with Crippen molar-refractivity contribution in [1.82, 2.24) is 0 Å². The zero-order valence-corrected chi connectivity index (χ0v) is 47.8. The molecule has 1 radical (unpaired) electrons. The number of benzene rings is 5. The van der Waals surface area contributed by atoms with E-state index < -0.39 is 78.5 Å². The first-order valence-corrected chi connectivity index (χ1v) is 23.1. The van der Waals surface area contributed by atoms with E-state index in [1.807, 2.05) is 0 Å². The number of anilines is 1. The van der Waals surface area contributed by atoms with Gasteiger partial charge in [0, 0.05) is 58.8 Å². The molecule has 0 saturated carbocycles. The monoisotopic (exact) mass is 1090 g/mol. The topological polar surface area (TPSA) is 392 Å². The van der Waals surface area contributed by atoms with Gasteiger partial charge in [-0.2, -0.15) is 27.5 Å². The fourth-order valence-electron chi connectivity index (χ4n) is 4.94. The Labute approximate surface area is 473 Å². The quantitative estimate of drug-likeness (QED) is 0.0270. The normalized spacial score (nSPS) is 11.6. The molecule has 65 heavy (non-hydrogen) atoms. The summed E-state index contributed by atoms with van der Waals surface area (Å²) in [4.78, 5) is -1.09. The second-order valence-corrected chi connectivity index (χ2v) is 18.5. The molecule has 0 atom stereocenters. The van der Waals surface area contributed by atoms with Gasteiger partial charge in [0.1, 0.15) is 37.9 Å². The molecule has 33 heteroatoms. The molecule has 0 aromatic heterocycles. The van der Waals surface area contributed by atoms with Crippen molar-refractivity contribution < 1.29 is 215 Å². The van der Waals surface area contributed by atoms with E-state index in [1.54, 1.807) is 13.1 Å². The number of phenols is 2. The number of ether oxygens (including phenoxy) is 1. The summed E-state index contributed by atoms with van der Waals surface area (Å²) >= 11 is 0. The van der Waals surface area contributed by atoms with Crippen LogP contribution in [-0.4, -0.2) is 101 Å². The van der Waals surface area contributed by atoms with Gasteiger partial charge in [-0.25, -0.2) is 42.1 Å². The van der Waals surface area contributed by atoms with E-state index >= 15 is 0 Å². The number of rotatable bonds is 11. The fraction of sp³-hybridized carbons (Fsp3) is 0.125. The number of azo groups is 2. The van der Waals surface area contributed by atoms with E-state index in [0.29, 0.717) is 5.69 Å². The van der Waals surface area contributed by atoms with Crippen molar-refractivity contribution in [2.24, 2.45) is 20.5 Å². The number of aromatic hydroxyl groups is 2. The molecule has 0 aliphatic carbocycles. The molecule has 0 aliphatic rings. The maximum absolute atomic E-state index is 12.4. The molecule has 5 aromatic carbocycles. The summed E-state index contributed by atoms with van der Waals surface area (Å²) in [6, 6.07) is 15.6. The summed E-state index contributed by atoms with van der Waals surface area (Å²) in [7, 11) is -19.7. The smallest absolute Gasteiger partial charge is 0.744 e. The number of nitrogens with zero attached hydrogens (tertiary/aromatic N) is 4. The Morgan fingerprint density at radius 1 is 0.692 bits per heavy atom. The Kier molecular flexibility index (Phi) is 29.5. The van der Waals surface area contributed by atoms with Crippen molar-refractivity contribution in [3.8, 4) is 17.2 Å². The number of phenolic OH excluding ortho intramolecular Hbond substituents is 2. The summed E-state index contributed by atoms with van der Waals surface area (Å²) in [5.74, 6) is -1.94. The molecule has 0 saturated heterocycles. The van der Waals surface area contributed by atoms with Gasteiger partial charge in [-0.1, -0.05) is 40.5 Å². The van der Waals surface area contributed by atoms with Gasteiger partial charge >= 0.3 is 118 Å².